The lowest BCUT2D eigenvalue weighted by Crippen LogP contribution is -2.36. The average molecular weight is 481 g/mol. The maximum absolute atomic E-state index is 13.1. The number of morpholine rings is 1. The van der Waals surface area contributed by atoms with Crippen molar-refractivity contribution in [3.63, 3.8) is 0 Å². The Hall–Kier alpha value is -2.88. The van der Waals surface area contributed by atoms with E-state index < -0.39 is 0 Å². The van der Waals surface area contributed by atoms with Crippen LogP contribution < -0.4 is 10.2 Å². The van der Waals surface area contributed by atoms with E-state index in [9.17, 15) is 4.79 Å². The van der Waals surface area contributed by atoms with Crippen molar-refractivity contribution in [2.75, 3.05) is 31.2 Å². The fourth-order valence-corrected chi connectivity index (χ4v) is 5.65. The summed E-state index contributed by atoms with van der Waals surface area (Å²) in [6.07, 6.45) is 0. The van der Waals surface area contributed by atoms with Gasteiger partial charge in [-0.15, -0.1) is 10.2 Å². The molecule has 0 saturated carbocycles. The molecule has 5 rings (SSSR count). The van der Waals surface area contributed by atoms with Crippen molar-refractivity contribution in [3.8, 4) is 0 Å². The molecule has 1 amide bonds. The van der Waals surface area contributed by atoms with Crippen LogP contribution in [0.4, 0.5) is 5.69 Å². The summed E-state index contributed by atoms with van der Waals surface area (Å²) in [7, 11) is 0. The first-order chi connectivity index (χ1) is 16.2. The topological polar surface area (TPSA) is 80.5 Å². The highest BCUT2D eigenvalue weighted by Gasteiger charge is 2.21. The maximum Gasteiger partial charge on any atom is 0.287 e. The number of fused-ring (bicyclic) bond motifs is 1. The minimum atomic E-state index is -0.215. The molecule has 1 aliphatic rings. The van der Waals surface area contributed by atoms with Crippen molar-refractivity contribution >= 4 is 45.7 Å². The molecule has 0 unspecified atom stereocenters. The van der Waals surface area contributed by atoms with Crippen molar-refractivity contribution in [1.82, 2.24) is 15.5 Å². The first-order valence-corrected chi connectivity index (χ1v) is 12.6. The van der Waals surface area contributed by atoms with E-state index in [-0.39, 0.29) is 5.91 Å². The number of hydrogen-bond donors (Lipinski definition) is 1. The van der Waals surface area contributed by atoms with Crippen LogP contribution in [0.5, 0.6) is 0 Å². The van der Waals surface area contributed by atoms with Gasteiger partial charge >= 0.3 is 0 Å². The molecule has 2 aromatic heterocycles. The van der Waals surface area contributed by atoms with Crippen LogP contribution in [0, 0.1) is 6.92 Å². The molecule has 170 valence electrons. The summed E-state index contributed by atoms with van der Waals surface area (Å²) >= 11 is 3.11. The van der Waals surface area contributed by atoms with Crippen molar-refractivity contribution in [2.24, 2.45) is 0 Å². The summed E-state index contributed by atoms with van der Waals surface area (Å²) in [5.41, 5.74) is 3.80. The van der Waals surface area contributed by atoms with Crippen molar-refractivity contribution in [2.45, 2.75) is 23.6 Å². The summed E-state index contributed by atoms with van der Waals surface area (Å²) < 4.78 is 12.3. The van der Waals surface area contributed by atoms with Gasteiger partial charge in [-0.2, -0.15) is 0 Å². The molecule has 0 bridgehead atoms. The van der Waals surface area contributed by atoms with Gasteiger partial charge in [0.15, 0.2) is 10.1 Å². The van der Waals surface area contributed by atoms with Crippen LogP contribution in [0.3, 0.4) is 0 Å². The molecule has 0 atom stereocenters. The number of aromatic nitrogens is 2. The first kappa shape index (κ1) is 21.9. The summed E-state index contributed by atoms with van der Waals surface area (Å²) in [6.45, 7) is 5.69. The van der Waals surface area contributed by atoms with Gasteiger partial charge in [0, 0.05) is 42.0 Å². The van der Waals surface area contributed by atoms with Gasteiger partial charge in [-0.1, -0.05) is 53.4 Å². The molecular weight excluding hydrogens is 456 g/mol. The molecule has 0 aliphatic carbocycles. The van der Waals surface area contributed by atoms with Crippen molar-refractivity contribution < 1.29 is 13.9 Å². The number of carbonyl (C=O) groups excluding carboxylic acids is 1. The number of rotatable bonds is 7. The fourth-order valence-electron chi connectivity index (χ4n) is 3.80. The molecule has 4 aromatic rings. The number of hydrogen-bond acceptors (Lipinski definition) is 8. The summed E-state index contributed by atoms with van der Waals surface area (Å²) in [4.78, 5) is 15.4. The number of thioether (sulfide) groups is 1. The third-order valence-electron chi connectivity index (χ3n) is 5.52. The highest BCUT2D eigenvalue weighted by Crippen LogP contribution is 2.33. The van der Waals surface area contributed by atoms with E-state index in [1.165, 1.54) is 5.69 Å². The second-order valence-electron chi connectivity index (χ2n) is 7.73. The number of ether oxygens (including phenoxy) is 1. The molecule has 0 radical (unpaired) electrons. The molecule has 9 heteroatoms. The third kappa shape index (κ3) is 5.05. The number of benzene rings is 2. The van der Waals surface area contributed by atoms with E-state index in [2.05, 4.69) is 44.7 Å². The number of amides is 1. The normalized spacial score (nSPS) is 14.0. The zero-order chi connectivity index (χ0) is 22.6. The Morgan fingerprint density at radius 2 is 1.91 bits per heavy atom. The zero-order valence-corrected chi connectivity index (χ0v) is 19.9. The molecule has 1 fully saturated rings. The zero-order valence-electron chi connectivity index (χ0n) is 18.2. The largest absolute Gasteiger partial charge is 0.451 e. The van der Waals surface area contributed by atoms with Gasteiger partial charge in [0.25, 0.3) is 5.91 Å². The molecule has 0 spiro atoms. The number of carbonyl (C=O) groups is 1. The second kappa shape index (κ2) is 9.94. The standard InChI is InChI=1S/C24H24N4O3S2/c1-16-26-27-24(33-16)32-15-20-19-4-2-3-5-21(19)31-22(20)23(29)25-14-17-6-8-18(9-7-17)28-10-12-30-13-11-28/h2-9H,10-15H2,1H3,(H,25,29). The Bertz CT molecular complexity index is 1250. The average Bonchev–Trinajstić information content (AvgIpc) is 3.45. The fraction of sp³-hybridized carbons (Fsp3) is 0.292. The molecule has 3 heterocycles. The Labute approximate surface area is 200 Å². The minimum Gasteiger partial charge on any atom is -0.451 e. The Morgan fingerprint density at radius 1 is 1.12 bits per heavy atom. The van der Waals surface area contributed by atoms with Crippen LogP contribution in [0.2, 0.25) is 0 Å². The summed E-state index contributed by atoms with van der Waals surface area (Å²) in [5.74, 6) is 0.727. The maximum atomic E-state index is 13.1. The Balaban J connectivity index is 1.28. The van der Waals surface area contributed by atoms with Crippen molar-refractivity contribution in [3.05, 3.63) is 70.4 Å². The predicted molar refractivity (Wildman–Crippen MR) is 131 cm³/mol. The van der Waals surface area contributed by atoms with Gasteiger partial charge in [0.2, 0.25) is 0 Å². The van der Waals surface area contributed by atoms with Gasteiger partial charge in [0.05, 0.1) is 13.2 Å². The van der Waals surface area contributed by atoms with E-state index >= 15 is 0 Å². The second-order valence-corrected chi connectivity index (χ2v) is 10.1. The number of para-hydroxylation sites is 1. The van der Waals surface area contributed by atoms with Crippen LogP contribution in [-0.2, 0) is 17.0 Å². The van der Waals surface area contributed by atoms with E-state index in [1.54, 1.807) is 23.1 Å². The van der Waals surface area contributed by atoms with Gasteiger partial charge < -0.3 is 19.4 Å². The number of anilines is 1. The van der Waals surface area contributed by atoms with Crippen LogP contribution in [0.25, 0.3) is 11.0 Å². The van der Waals surface area contributed by atoms with Crippen LogP contribution in [-0.4, -0.2) is 42.4 Å². The molecule has 33 heavy (non-hydrogen) atoms. The first-order valence-electron chi connectivity index (χ1n) is 10.8. The third-order valence-corrected chi connectivity index (χ3v) is 7.52. The molecular formula is C24H24N4O3S2. The lowest BCUT2D eigenvalue weighted by molar-refractivity contribution is 0.0924. The molecule has 7 nitrogen and oxygen atoms in total. The number of aryl methyl sites for hydroxylation is 1. The smallest absolute Gasteiger partial charge is 0.287 e. The van der Waals surface area contributed by atoms with E-state index in [0.29, 0.717) is 23.6 Å². The highest BCUT2D eigenvalue weighted by molar-refractivity contribution is 8.00. The Morgan fingerprint density at radius 3 is 2.67 bits per heavy atom. The Kier molecular flexibility index (Phi) is 6.61. The van der Waals surface area contributed by atoms with Gasteiger partial charge in [-0.3, -0.25) is 4.79 Å². The van der Waals surface area contributed by atoms with Crippen LogP contribution in [0.15, 0.2) is 57.3 Å². The van der Waals surface area contributed by atoms with Crippen LogP contribution >= 0.6 is 23.1 Å². The SMILES string of the molecule is Cc1nnc(SCc2c(C(=O)NCc3ccc(N4CCOCC4)cc3)oc3ccccc23)s1. The predicted octanol–water partition coefficient (Wildman–Crippen LogP) is 4.65. The van der Waals surface area contributed by atoms with Gasteiger partial charge in [-0.05, 0) is 30.7 Å². The van der Waals surface area contributed by atoms with Crippen LogP contribution in [0.1, 0.15) is 26.7 Å². The molecule has 1 N–H and O–H groups in total. The monoisotopic (exact) mass is 480 g/mol. The molecule has 1 aliphatic heterocycles. The van der Waals surface area contributed by atoms with Crippen molar-refractivity contribution in [1.29, 1.82) is 0 Å². The molecule has 1 saturated heterocycles. The lowest BCUT2D eigenvalue weighted by atomic mass is 10.1. The van der Waals surface area contributed by atoms with E-state index in [1.807, 2.05) is 31.2 Å². The summed E-state index contributed by atoms with van der Waals surface area (Å²) in [6, 6.07) is 16.0. The van der Waals surface area contributed by atoms with E-state index in [0.717, 1.165) is 52.2 Å². The highest BCUT2D eigenvalue weighted by atomic mass is 32.2. The van der Waals surface area contributed by atoms with E-state index in [4.69, 9.17) is 9.15 Å². The van der Waals surface area contributed by atoms with Gasteiger partial charge in [-0.25, -0.2) is 0 Å². The minimum absolute atomic E-state index is 0.215. The quantitative estimate of drug-likeness (QED) is 0.386. The number of furan rings is 1. The summed E-state index contributed by atoms with van der Waals surface area (Å²) in [5, 5.41) is 13.1. The number of nitrogens with one attached hydrogen (secondary N) is 1. The van der Waals surface area contributed by atoms with Gasteiger partial charge in [0.1, 0.15) is 10.6 Å². The molecule has 2 aromatic carbocycles. The number of nitrogens with zero attached hydrogens (tertiary/aromatic N) is 3. The lowest BCUT2D eigenvalue weighted by Gasteiger charge is -2.28.